The van der Waals surface area contributed by atoms with Crippen LogP contribution >= 0.6 is 0 Å². The van der Waals surface area contributed by atoms with Gasteiger partial charge in [-0.1, -0.05) is 36.8 Å². The Kier molecular flexibility index (Phi) is 6.20. The second kappa shape index (κ2) is 8.45. The predicted molar refractivity (Wildman–Crippen MR) is 111 cm³/mol. The van der Waals surface area contributed by atoms with E-state index in [4.69, 9.17) is 0 Å². The molecule has 1 N–H and O–H groups in total. The highest BCUT2D eigenvalue weighted by Gasteiger charge is 2.27. The van der Waals surface area contributed by atoms with Crippen LogP contribution in [0.15, 0.2) is 47.4 Å². The number of carbonyl (C=O) groups excluding carboxylic acids is 1. The van der Waals surface area contributed by atoms with Crippen LogP contribution in [-0.2, 0) is 10.0 Å². The Bertz CT molecular complexity index is 963. The molecule has 1 saturated heterocycles. The number of benzene rings is 2. The number of sulfonamides is 1. The highest BCUT2D eigenvalue weighted by atomic mass is 32.2. The molecule has 1 aliphatic heterocycles. The summed E-state index contributed by atoms with van der Waals surface area (Å²) < 4.78 is 27.1. The van der Waals surface area contributed by atoms with Gasteiger partial charge < -0.3 is 5.32 Å². The van der Waals surface area contributed by atoms with Crippen LogP contribution in [0.5, 0.6) is 0 Å². The Labute approximate surface area is 167 Å². The first-order chi connectivity index (χ1) is 13.3. The summed E-state index contributed by atoms with van der Waals surface area (Å²) in [6.07, 6.45) is 2.52. The molecule has 6 heteroatoms. The minimum atomic E-state index is -3.54. The maximum absolute atomic E-state index is 12.8. The predicted octanol–water partition coefficient (Wildman–Crippen LogP) is 3.97. The molecule has 0 saturated carbocycles. The molecule has 1 fully saturated rings. The van der Waals surface area contributed by atoms with Crippen molar-refractivity contribution in [2.24, 2.45) is 0 Å². The van der Waals surface area contributed by atoms with Crippen molar-refractivity contribution >= 4 is 15.9 Å². The van der Waals surface area contributed by atoms with Gasteiger partial charge in [-0.05, 0) is 62.4 Å². The molecule has 0 radical (unpaired) electrons. The van der Waals surface area contributed by atoms with E-state index in [1.165, 1.54) is 15.9 Å². The third kappa shape index (κ3) is 4.28. The fraction of sp³-hybridized carbons (Fsp3) is 0.409. The van der Waals surface area contributed by atoms with Gasteiger partial charge in [0.25, 0.3) is 5.91 Å². The summed E-state index contributed by atoms with van der Waals surface area (Å²) in [6.45, 7) is 7.20. The van der Waals surface area contributed by atoms with Gasteiger partial charge in [0.2, 0.25) is 10.0 Å². The van der Waals surface area contributed by atoms with E-state index in [1.54, 1.807) is 18.2 Å². The Morgan fingerprint density at radius 3 is 2.46 bits per heavy atom. The van der Waals surface area contributed by atoms with Crippen molar-refractivity contribution in [3.8, 4) is 0 Å². The zero-order chi connectivity index (χ0) is 20.3. The van der Waals surface area contributed by atoms with E-state index in [-0.39, 0.29) is 16.8 Å². The molecule has 0 unspecified atom stereocenters. The van der Waals surface area contributed by atoms with Crippen molar-refractivity contribution in [3.05, 3.63) is 64.7 Å². The van der Waals surface area contributed by atoms with Crippen LogP contribution in [0.4, 0.5) is 0 Å². The van der Waals surface area contributed by atoms with Gasteiger partial charge in [-0.3, -0.25) is 4.79 Å². The molecule has 1 atom stereocenters. The average Bonchev–Trinajstić information content (AvgIpc) is 3.22. The largest absolute Gasteiger partial charge is 0.345 e. The summed E-state index contributed by atoms with van der Waals surface area (Å²) in [5, 5.41) is 3.06. The maximum Gasteiger partial charge on any atom is 0.251 e. The van der Waals surface area contributed by atoms with Crippen LogP contribution in [-0.4, -0.2) is 31.7 Å². The van der Waals surface area contributed by atoms with Gasteiger partial charge in [0.15, 0.2) is 0 Å². The van der Waals surface area contributed by atoms with Crippen LogP contribution in [0.1, 0.15) is 59.3 Å². The van der Waals surface area contributed by atoms with E-state index in [0.29, 0.717) is 18.7 Å². The molecule has 1 amide bonds. The highest BCUT2D eigenvalue weighted by Crippen LogP contribution is 2.24. The minimum absolute atomic E-state index is 0.119. The van der Waals surface area contributed by atoms with E-state index >= 15 is 0 Å². The van der Waals surface area contributed by atoms with Gasteiger partial charge in [-0.2, -0.15) is 4.31 Å². The minimum Gasteiger partial charge on any atom is -0.345 e. The van der Waals surface area contributed by atoms with Crippen molar-refractivity contribution < 1.29 is 13.2 Å². The lowest BCUT2D eigenvalue weighted by Crippen LogP contribution is -2.30. The van der Waals surface area contributed by atoms with Gasteiger partial charge in [-0.15, -0.1) is 0 Å². The molecule has 0 aliphatic carbocycles. The molecular weight excluding hydrogens is 372 g/mol. The zero-order valence-electron chi connectivity index (χ0n) is 16.7. The number of carbonyl (C=O) groups is 1. The van der Waals surface area contributed by atoms with Crippen molar-refractivity contribution in [3.63, 3.8) is 0 Å². The number of aryl methyl sites for hydroxylation is 2. The lowest BCUT2D eigenvalue weighted by Gasteiger charge is -2.20. The van der Waals surface area contributed by atoms with E-state index in [9.17, 15) is 13.2 Å². The topological polar surface area (TPSA) is 66.5 Å². The summed E-state index contributed by atoms with van der Waals surface area (Å²) in [7, 11) is -3.54. The summed E-state index contributed by atoms with van der Waals surface area (Å²) in [5.74, 6) is -0.259. The SMILES string of the molecule is CC[C@@H](NC(=O)c1cccc(S(=O)(=O)N2CCCC2)c1)c1ccc(C)cc1C. The van der Waals surface area contributed by atoms with Crippen molar-refractivity contribution in [2.45, 2.75) is 51.0 Å². The number of rotatable bonds is 6. The number of hydrogen-bond donors (Lipinski definition) is 1. The molecule has 1 aliphatic rings. The average molecular weight is 401 g/mol. The van der Waals surface area contributed by atoms with Crippen molar-refractivity contribution in [1.82, 2.24) is 9.62 Å². The number of nitrogens with one attached hydrogen (secondary N) is 1. The molecule has 0 spiro atoms. The van der Waals surface area contributed by atoms with Crippen LogP contribution in [0.3, 0.4) is 0 Å². The van der Waals surface area contributed by atoms with Crippen LogP contribution in [0.25, 0.3) is 0 Å². The monoisotopic (exact) mass is 400 g/mol. The summed E-state index contributed by atoms with van der Waals surface area (Å²) in [4.78, 5) is 13.0. The van der Waals surface area contributed by atoms with Gasteiger partial charge in [-0.25, -0.2) is 8.42 Å². The van der Waals surface area contributed by atoms with Crippen LogP contribution in [0.2, 0.25) is 0 Å². The Balaban J connectivity index is 1.82. The lowest BCUT2D eigenvalue weighted by atomic mass is 9.97. The van der Waals surface area contributed by atoms with Crippen molar-refractivity contribution in [2.75, 3.05) is 13.1 Å². The lowest BCUT2D eigenvalue weighted by molar-refractivity contribution is 0.0935. The quantitative estimate of drug-likeness (QED) is 0.798. The van der Waals surface area contributed by atoms with Crippen LogP contribution in [0, 0.1) is 13.8 Å². The van der Waals surface area contributed by atoms with Gasteiger partial charge >= 0.3 is 0 Å². The molecule has 0 bridgehead atoms. The van der Waals surface area contributed by atoms with Gasteiger partial charge in [0.1, 0.15) is 0 Å². The number of hydrogen-bond acceptors (Lipinski definition) is 3. The first kappa shape index (κ1) is 20.6. The maximum atomic E-state index is 12.8. The summed E-state index contributed by atoms with van der Waals surface area (Å²) >= 11 is 0. The number of nitrogens with zero attached hydrogens (tertiary/aromatic N) is 1. The Hall–Kier alpha value is -2.18. The van der Waals surface area contributed by atoms with Gasteiger partial charge in [0, 0.05) is 18.7 Å². The first-order valence-electron chi connectivity index (χ1n) is 9.81. The molecule has 2 aromatic carbocycles. The van der Waals surface area contributed by atoms with E-state index in [1.807, 2.05) is 32.9 Å². The molecule has 5 nitrogen and oxygen atoms in total. The molecular formula is C22H28N2O3S. The van der Waals surface area contributed by atoms with Gasteiger partial charge in [0.05, 0.1) is 10.9 Å². The smallest absolute Gasteiger partial charge is 0.251 e. The third-order valence-corrected chi connectivity index (χ3v) is 7.21. The summed E-state index contributed by atoms with van der Waals surface area (Å²) in [5.41, 5.74) is 3.77. The van der Waals surface area contributed by atoms with Crippen molar-refractivity contribution in [1.29, 1.82) is 0 Å². The standard InChI is InChI=1S/C22H28N2O3S/c1-4-21(20-11-10-16(2)14-17(20)3)23-22(25)18-8-7-9-19(15-18)28(26,27)24-12-5-6-13-24/h7-11,14-15,21H,4-6,12-13H2,1-3H3,(H,23,25)/t21-/m1/s1. The molecule has 28 heavy (non-hydrogen) atoms. The molecule has 2 aromatic rings. The Morgan fingerprint density at radius 2 is 1.82 bits per heavy atom. The van der Waals surface area contributed by atoms with Crippen LogP contribution < -0.4 is 5.32 Å². The van der Waals surface area contributed by atoms with E-state index in [0.717, 1.165) is 30.4 Å². The Morgan fingerprint density at radius 1 is 1.11 bits per heavy atom. The fourth-order valence-corrected chi connectivity index (χ4v) is 5.30. The fourth-order valence-electron chi connectivity index (χ4n) is 3.73. The molecule has 0 aromatic heterocycles. The van der Waals surface area contributed by atoms with E-state index < -0.39 is 10.0 Å². The van der Waals surface area contributed by atoms with E-state index in [2.05, 4.69) is 11.4 Å². The molecule has 150 valence electrons. The summed E-state index contributed by atoms with van der Waals surface area (Å²) in [6, 6.07) is 12.4. The zero-order valence-corrected chi connectivity index (χ0v) is 17.6. The first-order valence-corrected chi connectivity index (χ1v) is 11.2. The molecule has 1 heterocycles. The normalized spacial score (nSPS) is 16.1. The second-order valence-corrected chi connectivity index (χ2v) is 9.37. The third-order valence-electron chi connectivity index (χ3n) is 5.31. The number of amides is 1. The second-order valence-electron chi connectivity index (χ2n) is 7.43. The highest BCUT2D eigenvalue weighted by molar-refractivity contribution is 7.89. The molecule has 3 rings (SSSR count).